The molecule has 112 valence electrons. The number of fused-ring (bicyclic) bond motifs is 1. The number of nitrogens with zero attached hydrogens (tertiary/aromatic N) is 2. The maximum absolute atomic E-state index is 12.1. The first-order valence-corrected chi connectivity index (χ1v) is 7.22. The molecule has 3 aromatic rings. The second kappa shape index (κ2) is 6.07. The van der Waals surface area contributed by atoms with Gasteiger partial charge in [-0.2, -0.15) is 5.10 Å². The molecule has 0 saturated heterocycles. The van der Waals surface area contributed by atoms with Gasteiger partial charge in [-0.15, -0.1) is 0 Å². The molecule has 0 spiro atoms. The van der Waals surface area contributed by atoms with Crippen LogP contribution in [0.1, 0.15) is 5.56 Å². The third-order valence-corrected chi connectivity index (χ3v) is 3.81. The van der Waals surface area contributed by atoms with Gasteiger partial charge in [0.15, 0.2) is 0 Å². The molecule has 5 nitrogen and oxygen atoms in total. The number of anilines is 1. The van der Waals surface area contributed by atoms with Gasteiger partial charge in [-0.25, -0.2) is 4.79 Å². The molecule has 0 radical (unpaired) electrons. The number of halogens is 1. The first kappa shape index (κ1) is 14.4. The van der Waals surface area contributed by atoms with Crippen LogP contribution in [0, 0.1) is 0 Å². The molecule has 0 bridgehead atoms. The highest BCUT2D eigenvalue weighted by atomic mass is 35.5. The zero-order valence-electron chi connectivity index (χ0n) is 12.0. The predicted octanol–water partition coefficient (Wildman–Crippen LogP) is 3.55. The smallest absolute Gasteiger partial charge is 0.319 e. The van der Waals surface area contributed by atoms with Crippen molar-refractivity contribution in [3.8, 4) is 0 Å². The third kappa shape index (κ3) is 2.89. The largest absolute Gasteiger partial charge is 0.334 e. The summed E-state index contributed by atoms with van der Waals surface area (Å²) in [6.45, 7) is 0.370. The summed E-state index contributed by atoms with van der Waals surface area (Å²) in [6, 6.07) is 12.8. The lowest BCUT2D eigenvalue weighted by molar-refractivity contribution is 0.252. The molecule has 0 aliphatic rings. The van der Waals surface area contributed by atoms with Crippen LogP contribution in [0.25, 0.3) is 10.9 Å². The highest BCUT2D eigenvalue weighted by Crippen LogP contribution is 2.22. The number of hydrogen-bond donors (Lipinski definition) is 2. The number of hydrogen-bond acceptors (Lipinski definition) is 2. The first-order valence-electron chi connectivity index (χ1n) is 6.84. The number of carbonyl (C=O) groups is 1. The van der Waals surface area contributed by atoms with Crippen molar-refractivity contribution < 1.29 is 4.79 Å². The molecule has 0 saturated carbocycles. The van der Waals surface area contributed by atoms with Crippen molar-refractivity contribution in [1.29, 1.82) is 0 Å². The van der Waals surface area contributed by atoms with Crippen molar-refractivity contribution in [2.75, 3.05) is 5.32 Å². The van der Waals surface area contributed by atoms with Gasteiger partial charge in [-0.3, -0.25) is 4.68 Å². The molecule has 0 fully saturated rings. The summed E-state index contributed by atoms with van der Waals surface area (Å²) in [5.74, 6) is 0. The standard InChI is InChI=1S/C16H15ClN4O/c1-21-15-8-4-7-14(12(15)10-19-21)20-16(22)18-9-11-5-2-3-6-13(11)17/h2-8,10H,9H2,1H3,(H2,18,20,22). The normalized spacial score (nSPS) is 10.6. The van der Waals surface area contributed by atoms with Gasteiger partial charge in [0.05, 0.1) is 17.4 Å². The highest BCUT2D eigenvalue weighted by Gasteiger charge is 2.08. The summed E-state index contributed by atoms with van der Waals surface area (Å²) < 4.78 is 1.77. The highest BCUT2D eigenvalue weighted by molar-refractivity contribution is 6.31. The number of aromatic nitrogens is 2. The summed E-state index contributed by atoms with van der Waals surface area (Å²) in [5.41, 5.74) is 2.56. The molecule has 1 aromatic heterocycles. The summed E-state index contributed by atoms with van der Waals surface area (Å²) in [6.07, 6.45) is 1.74. The van der Waals surface area contributed by atoms with Crippen molar-refractivity contribution in [3.63, 3.8) is 0 Å². The number of nitrogens with one attached hydrogen (secondary N) is 2. The van der Waals surface area contributed by atoms with Crippen LogP contribution in [-0.4, -0.2) is 15.8 Å². The molecule has 6 heteroatoms. The van der Waals surface area contributed by atoms with Crippen molar-refractivity contribution in [1.82, 2.24) is 15.1 Å². The minimum Gasteiger partial charge on any atom is -0.334 e. The molecule has 2 amide bonds. The SMILES string of the molecule is Cn1ncc2c(NC(=O)NCc3ccccc3Cl)cccc21. The molecule has 0 atom stereocenters. The molecule has 0 unspecified atom stereocenters. The van der Waals surface area contributed by atoms with E-state index in [4.69, 9.17) is 11.6 Å². The Kier molecular flexibility index (Phi) is 3.98. The number of carbonyl (C=O) groups excluding carboxylic acids is 1. The van der Waals surface area contributed by atoms with Crippen LogP contribution in [0.3, 0.4) is 0 Å². The van der Waals surface area contributed by atoms with Gasteiger partial charge in [-0.05, 0) is 23.8 Å². The van der Waals surface area contributed by atoms with Gasteiger partial charge < -0.3 is 10.6 Å². The van der Waals surface area contributed by atoms with E-state index in [9.17, 15) is 4.79 Å². The van der Waals surface area contributed by atoms with Gasteiger partial charge in [0.2, 0.25) is 0 Å². The lowest BCUT2D eigenvalue weighted by Crippen LogP contribution is -2.28. The maximum Gasteiger partial charge on any atom is 0.319 e. The molecule has 1 heterocycles. The molecule has 3 rings (SSSR count). The van der Waals surface area contributed by atoms with Crippen molar-refractivity contribution in [2.24, 2.45) is 7.05 Å². The number of benzene rings is 2. The van der Waals surface area contributed by atoms with E-state index in [1.165, 1.54) is 0 Å². The quantitative estimate of drug-likeness (QED) is 0.776. The Hall–Kier alpha value is -2.53. The van der Waals surface area contributed by atoms with E-state index in [1.54, 1.807) is 16.9 Å². The molecule has 2 aromatic carbocycles. The zero-order chi connectivity index (χ0) is 15.5. The molecule has 22 heavy (non-hydrogen) atoms. The lowest BCUT2D eigenvalue weighted by atomic mass is 10.2. The molecule has 0 aliphatic heterocycles. The minimum atomic E-state index is -0.281. The number of rotatable bonds is 3. The lowest BCUT2D eigenvalue weighted by Gasteiger charge is -2.09. The van der Waals surface area contributed by atoms with Gasteiger partial charge in [-0.1, -0.05) is 35.9 Å². The van der Waals surface area contributed by atoms with E-state index in [0.717, 1.165) is 22.2 Å². The van der Waals surface area contributed by atoms with E-state index < -0.39 is 0 Å². The van der Waals surface area contributed by atoms with Crippen LogP contribution in [0.5, 0.6) is 0 Å². The molecular weight excluding hydrogens is 300 g/mol. The molecular formula is C16H15ClN4O. The summed E-state index contributed by atoms with van der Waals surface area (Å²) in [5, 5.41) is 11.4. The van der Waals surface area contributed by atoms with Gasteiger partial charge in [0, 0.05) is 24.0 Å². The van der Waals surface area contributed by atoms with Crippen LogP contribution in [0.15, 0.2) is 48.7 Å². The van der Waals surface area contributed by atoms with E-state index in [0.29, 0.717) is 11.6 Å². The average molecular weight is 315 g/mol. The second-order valence-electron chi connectivity index (χ2n) is 4.91. The summed E-state index contributed by atoms with van der Waals surface area (Å²) in [7, 11) is 1.86. The van der Waals surface area contributed by atoms with Crippen LogP contribution < -0.4 is 10.6 Å². The Morgan fingerprint density at radius 3 is 2.86 bits per heavy atom. The van der Waals surface area contributed by atoms with Crippen LogP contribution in [0.4, 0.5) is 10.5 Å². The van der Waals surface area contributed by atoms with Crippen LogP contribution in [0.2, 0.25) is 5.02 Å². The Morgan fingerprint density at radius 2 is 2.05 bits per heavy atom. The predicted molar refractivity (Wildman–Crippen MR) is 88.0 cm³/mol. The topological polar surface area (TPSA) is 59.0 Å². The van der Waals surface area contributed by atoms with E-state index in [2.05, 4.69) is 15.7 Å². The fraction of sp³-hybridized carbons (Fsp3) is 0.125. The molecule has 0 aliphatic carbocycles. The second-order valence-corrected chi connectivity index (χ2v) is 5.31. The average Bonchev–Trinajstić information content (AvgIpc) is 2.89. The fourth-order valence-electron chi connectivity index (χ4n) is 2.27. The monoisotopic (exact) mass is 314 g/mol. The van der Waals surface area contributed by atoms with Gasteiger partial charge in [0.25, 0.3) is 0 Å². The van der Waals surface area contributed by atoms with Gasteiger partial charge >= 0.3 is 6.03 Å². The Labute approximate surface area is 132 Å². The van der Waals surface area contributed by atoms with Crippen molar-refractivity contribution >= 4 is 34.2 Å². The van der Waals surface area contributed by atoms with E-state index in [-0.39, 0.29) is 6.03 Å². The number of amides is 2. The zero-order valence-corrected chi connectivity index (χ0v) is 12.8. The Bertz CT molecular complexity index is 828. The maximum atomic E-state index is 12.1. The third-order valence-electron chi connectivity index (χ3n) is 3.44. The van der Waals surface area contributed by atoms with E-state index in [1.807, 2.05) is 43.4 Å². The summed E-state index contributed by atoms with van der Waals surface area (Å²) in [4.78, 5) is 12.1. The fourth-order valence-corrected chi connectivity index (χ4v) is 2.47. The minimum absolute atomic E-state index is 0.281. The summed E-state index contributed by atoms with van der Waals surface area (Å²) >= 11 is 6.07. The van der Waals surface area contributed by atoms with Gasteiger partial charge in [0.1, 0.15) is 0 Å². The molecule has 2 N–H and O–H groups in total. The van der Waals surface area contributed by atoms with Crippen molar-refractivity contribution in [3.05, 3.63) is 59.2 Å². The first-order chi connectivity index (χ1) is 10.6. The number of urea groups is 1. The van der Waals surface area contributed by atoms with Crippen molar-refractivity contribution in [2.45, 2.75) is 6.54 Å². The number of aryl methyl sites for hydroxylation is 1. The van der Waals surface area contributed by atoms with E-state index >= 15 is 0 Å². The Morgan fingerprint density at radius 1 is 1.23 bits per heavy atom. The Balaban J connectivity index is 1.70. The van der Waals surface area contributed by atoms with Crippen LogP contribution in [-0.2, 0) is 13.6 Å². The van der Waals surface area contributed by atoms with Crippen LogP contribution >= 0.6 is 11.6 Å².